The summed E-state index contributed by atoms with van der Waals surface area (Å²) in [5.74, 6) is 0. The first-order valence-electron chi connectivity index (χ1n) is 5.20. The average Bonchev–Trinajstić information content (AvgIpc) is 2.84. The van der Waals surface area contributed by atoms with Crippen molar-refractivity contribution < 1.29 is 0 Å². The Kier molecular flexibility index (Phi) is 1.91. The lowest BCUT2D eigenvalue weighted by molar-refractivity contribution is 0.716. The number of pyridine rings is 1. The molecule has 0 spiro atoms. The Morgan fingerprint density at radius 3 is 2.76 bits per heavy atom. The number of aryl methyl sites for hydroxylation is 2. The number of rotatable bonds is 1. The van der Waals surface area contributed by atoms with Crippen molar-refractivity contribution in [2.45, 2.75) is 0 Å². The summed E-state index contributed by atoms with van der Waals surface area (Å²) in [6.07, 6.45) is 3.33. The van der Waals surface area contributed by atoms with Crippen LogP contribution in [-0.2, 0) is 14.1 Å². The van der Waals surface area contributed by atoms with Crippen molar-refractivity contribution in [2.75, 3.05) is 0 Å². The lowest BCUT2D eigenvalue weighted by Crippen LogP contribution is -2.08. The summed E-state index contributed by atoms with van der Waals surface area (Å²) in [6, 6.07) is 3.84. The first kappa shape index (κ1) is 9.83. The highest BCUT2D eigenvalue weighted by Gasteiger charge is 2.12. The van der Waals surface area contributed by atoms with Crippen LogP contribution in [0.4, 0.5) is 0 Å². The van der Waals surface area contributed by atoms with Gasteiger partial charge in [-0.1, -0.05) is 5.21 Å². The minimum absolute atomic E-state index is 0.0913. The number of hydrogen-bond acceptors (Lipinski definition) is 3. The van der Waals surface area contributed by atoms with Crippen LogP contribution in [0.3, 0.4) is 0 Å². The average molecular weight is 229 g/mol. The molecule has 17 heavy (non-hydrogen) atoms. The van der Waals surface area contributed by atoms with E-state index in [2.05, 4.69) is 15.3 Å². The van der Waals surface area contributed by atoms with Crippen molar-refractivity contribution in [3.8, 4) is 11.4 Å². The summed E-state index contributed by atoms with van der Waals surface area (Å²) in [5, 5.41) is 8.65. The molecule has 0 saturated carbocycles. The second-order valence-electron chi connectivity index (χ2n) is 3.94. The van der Waals surface area contributed by atoms with E-state index in [0.717, 1.165) is 16.8 Å². The van der Waals surface area contributed by atoms with Gasteiger partial charge in [0.05, 0.1) is 11.9 Å². The maximum absolute atomic E-state index is 11.8. The number of hydrogen-bond donors (Lipinski definition) is 1. The van der Waals surface area contributed by atoms with Crippen LogP contribution >= 0.6 is 0 Å². The van der Waals surface area contributed by atoms with Crippen LogP contribution in [0.25, 0.3) is 22.3 Å². The van der Waals surface area contributed by atoms with E-state index in [0.29, 0.717) is 5.52 Å². The van der Waals surface area contributed by atoms with E-state index in [-0.39, 0.29) is 5.56 Å². The van der Waals surface area contributed by atoms with Crippen molar-refractivity contribution in [2.24, 2.45) is 14.1 Å². The number of aromatic nitrogens is 5. The minimum atomic E-state index is -0.0913. The molecule has 3 rings (SSSR count). The van der Waals surface area contributed by atoms with Gasteiger partial charge in [-0.25, -0.2) is 4.68 Å². The van der Waals surface area contributed by atoms with Gasteiger partial charge in [0.15, 0.2) is 0 Å². The normalized spacial score (nSPS) is 11.2. The fraction of sp³-hybridized carbons (Fsp3) is 0.182. The molecule has 6 heteroatoms. The standard InChI is InChI=1S/C11H11N5O/c1-15-8(9-6-13-14-16(9)2)5-7-3-4-12-11(17)10(7)15/h3-6H,1-2H3,(H,12,17). The molecular weight excluding hydrogens is 218 g/mol. The van der Waals surface area contributed by atoms with Gasteiger partial charge in [-0.05, 0) is 12.1 Å². The lowest BCUT2D eigenvalue weighted by atomic mass is 10.3. The highest BCUT2D eigenvalue weighted by atomic mass is 16.1. The van der Waals surface area contributed by atoms with Crippen molar-refractivity contribution in [3.63, 3.8) is 0 Å². The highest BCUT2D eigenvalue weighted by molar-refractivity contribution is 5.85. The summed E-state index contributed by atoms with van der Waals surface area (Å²) < 4.78 is 3.54. The Hall–Kier alpha value is -2.37. The Bertz CT molecular complexity index is 749. The van der Waals surface area contributed by atoms with Gasteiger partial charge in [0.1, 0.15) is 11.2 Å². The minimum Gasteiger partial charge on any atom is -0.338 e. The lowest BCUT2D eigenvalue weighted by Gasteiger charge is -2.02. The fourth-order valence-corrected chi connectivity index (χ4v) is 2.08. The Labute approximate surface area is 96.5 Å². The van der Waals surface area contributed by atoms with Gasteiger partial charge in [-0.3, -0.25) is 4.79 Å². The van der Waals surface area contributed by atoms with Crippen molar-refractivity contribution >= 4 is 10.9 Å². The summed E-state index contributed by atoms with van der Waals surface area (Å²) in [5.41, 5.74) is 2.36. The maximum Gasteiger partial charge on any atom is 0.272 e. The summed E-state index contributed by atoms with van der Waals surface area (Å²) in [7, 11) is 3.68. The molecule has 0 saturated heterocycles. The highest BCUT2D eigenvalue weighted by Crippen LogP contribution is 2.23. The van der Waals surface area contributed by atoms with E-state index >= 15 is 0 Å². The monoisotopic (exact) mass is 229 g/mol. The van der Waals surface area contributed by atoms with Crippen LogP contribution < -0.4 is 5.56 Å². The summed E-state index contributed by atoms with van der Waals surface area (Å²) in [6.45, 7) is 0. The van der Waals surface area contributed by atoms with Crippen molar-refractivity contribution in [1.82, 2.24) is 24.5 Å². The van der Waals surface area contributed by atoms with E-state index in [1.54, 1.807) is 17.1 Å². The molecule has 0 unspecified atom stereocenters. The molecule has 0 aromatic carbocycles. The van der Waals surface area contributed by atoms with Crippen LogP contribution in [0, 0.1) is 0 Å². The molecule has 6 nitrogen and oxygen atoms in total. The Morgan fingerprint density at radius 2 is 2.12 bits per heavy atom. The third kappa shape index (κ3) is 1.30. The van der Waals surface area contributed by atoms with E-state index in [1.165, 1.54) is 0 Å². The Balaban J connectivity index is 2.40. The molecule has 0 radical (unpaired) electrons. The van der Waals surface area contributed by atoms with E-state index in [9.17, 15) is 4.79 Å². The van der Waals surface area contributed by atoms with Crippen LogP contribution in [-0.4, -0.2) is 24.5 Å². The predicted molar refractivity (Wildman–Crippen MR) is 63.5 cm³/mol. The molecule has 3 aromatic heterocycles. The van der Waals surface area contributed by atoms with Crippen molar-refractivity contribution in [1.29, 1.82) is 0 Å². The summed E-state index contributed by atoms with van der Waals surface area (Å²) in [4.78, 5) is 14.4. The van der Waals surface area contributed by atoms with Crippen LogP contribution in [0.15, 0.2) is 29.3 Å². The van der Waals surface area contributed by atoms with Gasteiger partial charge in [-0.15, -0.1) is 5.10 Å². The molecule has 0 bridgehead atoms. The molecule has 3 heterocycles. The first-order chi connectivity index (χ1) is 8.18. The van der Waals surface area contributed by atoms with Crippen LogP contribution in [0.5, 0.6) is 0 Å². The molecule has 0 aliphatic carbocycles. The SMILES string of the molecule is Cn1nncc1-c1cc2cc[nH]c(=O)c2n1C. The Morgan fingerprint density at radius 1 is 1.29 bits per heavy atom. The molecule has 0 aliphatic rings. The van der Waals surface area contributed by atoms with Crippen LogP contribution in [0.2, 0.25) is 0 Å². The van der Waals surface area contributed by atoms with Gasteiger partial charge >= 0.3 is 0 Å². The second-order valence-corrected chi connectivity index (χ2v) is 3.94. The first-order valence-corrected chi connectivity index (χ1v) is 5.20. The second kappa shape index (κ2) is 3.31. The number of nitrogens with one attached hydrogen (secondary N) is 1. The molecule has 3 aromatic rings. The molecule has 86 valence electrons. The predicted octanol–water partition coefficient (Wildman–Crippen LogP) is 0.662. The maximum atomic E-state index is 11.8. The van der Waals surface area contributed by atoms with Crippen LogP contribution in [0.1, 0.15) is 0 Å². The number of aromatic amines is 1. The third-order valence-electron chi connectivity index (χ3n) is 2.93. The fourth-order valence-electron chi connectivity index (χ4n) is 2.08. The van der Waals surface area contributed by atoms with Gasteiger partial charge in [-0.2, -0.15) is 0 Å². The van der Waals surface area contributed by atoms with Gasteiger partial charge in [0, 0.05) is 25.7 Å². The topological polar surface area (TPSA) is 68.5 Å². The quantitative estimate of drug-likeness (QED) is 0.666. The molecule has 0 atom stereocenters. The zero-order valence-corrected chi connectivity index (χ0v) is 9.51. The molecular formula is C11H11N5O. The number of fused-ring (bicyclic) bond motifs is 1. The zero-order valence-electron chi connectivity index (χ0n) is 9.51. The number of H-pyrrole nitrogens is 1. The van der Waals surface area contributed by atoms with Crippen molar-refractivity contribution in [3.05, 3.63) is 34.9 Å². The molecule has 1 N–H and O–H groups in total. The smallest absolute Gasteiger partial charge is 0.272 e. The van der Waals surface area contributed by atoms with E-state index in [1.807, 2.05) is 30.8 Å². The van der Waals surface area contributed by atoms with Gasteiger partial charge < -0.3 is 9.55 Å². The van der Waals surface area contributed by atoms with Gasteiger partial charge in [0.25, 0.3) is 5.56 Å². The summed E-state index contributed by atoms with van der Waals surface area (Å²) >= 11 is 0. The zero-order chi connectivity index (χ0) is 12.0. The molecule has 0 amide bonds. The van der Waals surface area contributed by atoms with Gasteiger partial charge in [0.2, 0.25) is 0 Å². The molecule has 0 aliphatic heterocycles. The third-order valence-corrected chi connectivity index (χ3v) is 2.93. The largest absolute Gasteiger partial charge is 0.338 e. The molecule has 0 fully saturated rings. The van der Waals surface area contributed by atoms with E-state index < -0.39 is 0 Å². The number of nitrogens with zero attached hydrogens (tertiary/aromatic N) is 4. The van der Waals surface area contributed by atoms with E-state index in [4.69, 9.17) is 0 Å².